The summed E-state index contributed by atoms with van der Waals surface area (Å²) >= 11 is 1.55. The first kappa shape index (κ1) is 19.4. The lowest BCUT2D eigenvalue weighted by Gasteiger charge is -2.25. The molecule has 1 aliphatic heterocycles. The van der Waals surface area contributed by atoms with Gasteiger partial charge in [0.05, 0.1) is 13.7 Å². The van der Waals surface area contributed by atoms with Crippen LogP contribution in [0.4, 0.5) is 10.5 Å². The van der Waals surface area contributed by atoms with Crippen molar-refractivity contribution in [2.24, 2.45) is 5.92 Å². The molecule has 1 saturated heterocycles. The van der Waals surface area contributed by atoms with Crippen LogP contribution in [0.5, 0.6) is 5.75 Å². The minimum atomic E-state index is -0.893. The van der Waals surface area contributed by atoms with Crippen LogP contribution in [-0.4, -0.2) is 41.9 Å². The Morgan fingerprint density at radius 3 is 2.59 bits per heavy atom. The van der Waals surface area contributed by atoms with Crippen molar-refractivity contribution in [3.8, 4) is 5.75 Å². The van der Waals surface area contributed by atoms with E-state index >= 15 is 0 Å². The van der Waals surface area contributed by atoms with Crippen LogP contribution >= 0.6 is 11.3 Å². The number of ether oxygens (including phenoxy) is 1. The molecule has 4 rings (SSSR count). The van der Waals surface area contributed by atoms with Gasteiger partial charge in [-0.2, -0.15) is 0 Å². The summed E-state index contributed by atoms with van der Waals surface area (Å²) in [6.45, 7) is 1.83. The number of hydrogen-bond donors (Lipinski definition) is 1. The number of thiophene rings is 1. The van der Waals surface area contributed by atoms with E-state index in [0.29, 0.717) is 18.0 Å². The number of nitrogens with one attached hydrogen (secondary N) is 1. The minimum Gasteiger partial charge on any atom is -0.497 e. The van der Waals surface area contributed by atoms with Crippen molar-refractivity contribution in [2.45, 2.75) is 31.8 Å². The standard InChI is InChI=1S/C21H23N3O4S/c1-21(14-5-6-14)19(26)24(20(27)22-21)13-18(25)23(12-17-4-3-11-29-17)15-7-9-16(28-2)10-8-15/h3-4,7-11,14H,5-6,12-13H2,1-2H3,(H,22,27). The van der Waals surface area contributed by atoms with Gasteiger partial charge in [0.2, 0.25) is 5.91 Å². The van der Waals surface area contributed by atoms with Gasteiger partial charge in [0.1, 0.15) is 17.8 Å². The van der Waals surface area contributed by atoms with Crippen LogP contribution in [0.25, 0.3) is 0 Å². The molecule has 1 N–H and O–H groups in total. The normalized spacial score (nSPS) is 21.2. The van der Waals surface area contributed by atoms with Crippen LogP contribution in [0.2, 0.25) is 0 Å². The highest BCUT2D eigenvalue weighted by Crippen LogP contribution is 2.42. The molecule has 0 spiro atoms. The highest BCUT2D eigenvalue weighted by atomic mass is 32.1. The minimum absolute atomic E-state index is 0.155. The van der Waals surface area contributed by atoms with Gasteiger partial charge in [-0.25, -0.2) is 4.79 Å². The summed E-state index contributed by atoms with van der Waals surface area (Å²) in [6.07, 6.45) is 1.83. The van der Waals surface area contributed by atoms with Crippen molar-refractivity contribution in [1.29, 1.82) is 0 Å². The van der Waals surface area contributed by atoms with Gasteiger partial charge in [-0.05, 0) is 61.4 Å². The fourth-order valence-electron chi connectivity index (χ4n) is 3.66. The zero-order valence-corrected chi connectivity index (χ0v) is 17.2. The van der Waals surface area contributed by atoms with Crippen LogP contribution in [0, 0.1) is 5.92 Å². The van der Waals surface area contributed by atoms with Crippen molar-refractivity contribution < 1.29 is 19.1 Å². The fraction of sp³-hybridized carbons (Fsp3) is 0.381. The molecular formula is C21H23N3O4S. The Labute approximate surface area is 173 Å². The van der Waals surface area contributed by atoms with E-state index in [1.807, 2.05) is 17.5 Å². The average molecular weight is 413 g/mol. The van der Waals surface area contributed by atoms with Gasteiger partial charge in [-0.15, -0.1) is 11.3 Å². The molecule has 2 fully saturated rings. The number of nitrogens with zero attached hydrogens (tertiary/aromatic N) is 2. The van der Waals surface area contributed by atoms with Gasteiger partial charge in [-0.3, -0.25) is 14.5 Å². The SMILES string of the molecule is COc1ccc(N(Cc2cccs2)C(=O)CN2C(=O)NC(C)(C3CC3)C2=O)cc1. The van der Waals surface area contributed by atoms with Crippen molar-refractivity contribution in [1.82, 2.24) is 10.2 Å². The molecule has 2 aromatic rings. The summed E-state index contributed by atoms with van der Waals surface area (Å²) in [6, 6.07) is 10.5. The highest BCUT2D eigenvalue weighted by molar-refractivity contribution is 7.09. The van der Waals surface area contributed by atoms with Crippen LogP contribution in [0.15, 0.2) is 41.8 Å². The molecule has 0 bridgehead atoms. The molecule has 1 atom stereocenters. The molecule has 152 valence electrons. The zero-order valence-electron chi connectivity index (χ0n) is 16.4. The summed E-state index contributed by atoms with van der Waals surface area (Å²) in [7, 11) is 1.58. The summed E-state index contributed by atoms with van der Waals surface area (Å²) in [4.78, 5) is 42.2. The number of urea groups is 1. The Bertz CT molecular complexity index is 924. The molecule has 8 heteroatoms. The third-order valence-corrected chi connectivity index (χ3v) is 6.43. The summed E-state index contributed by atoms with van der Waals surface area (Å²) in [5.41, 5.74) is -0.211. The van der Waals surface area contributed by atoms with Gasteiger partial charge in [-0.1, -0.05) is 6.07 Å². The summed E-state index contributed by atoms with van der Waals surface area (Å²) < 4.78 is 5.20. The molecule has 1 saturated carbocycles. The van der Waals surface area contributed by atoms with E-state index in [1.165, 1.54) is 0 Å². The largest absolute Gasteiger partial charge is 0.497 e. The second kappa shape index (κ2) is 7.51. The van der Waals surface area contributed by atoms with Gasteiger partial charge in [0.15, 0.2) is 0 Å². The summed E-state index contributed by atoms with van der Waals surface area (Å²) in [5, 5.41) is 4.74. The van der Waals surface area contributed by atoms with Crippen LogP contribution in [-0.2, 0) is 16.1 Å². The number of hydrogen-bond acceptors (Lipinski definition) is 5. The Hall–Kier alpha value is -2.87. The fourth-order valence-corrected chi connectivity index (χ4v) is 4.35. The number of carbonyl (C=O) groups excluding carboxylic acids is 3. The molecule has 1 aromatic carbocycles. The average Bonchev–Trinajstić information content (AvgIpc) is 3.42. The first-order chi connectivity index (χ1) is 13.9. The molecule has 7 nitrogen and oxygen atoms in total. The van der Waals surface area contributed by atoms with Crippen LogP contribution in [0.3, 0.4) is 0 Å². The van der Waals surface area contributed by atoms with E-state index in [9.17, 15) is 14.4 Å². The number of imide groups is 1. The second-order valence-electron chi connectivity index (χ2n) is 7.56. The van der Waals surface area contributed by atoms with E-state index in [1.54, 1.807) is 54.5 Å². The van der Waals surface area contributed by atoms with Crippen molar-refractivity contribution >= 4 is 34.9 Å². The Morgan fingerprint density at radius 2 is 2.00 bits per heavy atom. The first-order valence-corrected chi connectivity index (χ1v) is 10.4. The molecule has 0 radical (unpaired) electrons. The van der Waals surface area contributed by atoms with Crippen molar-refractivity contribution in [2.75, 3.05) is 18.6 Å². The topological polar surface area (TPSA) is 79.0 Å². The molecule has 1 unspecified atom stereocenters. The molecule has 29 heavy (non-hydrogen) atoms. The quantitative estimate of drug-likeness (QED) is 0.708. The lowest BCUT2D eigenvalue weighted by molar-refractivity contribution is -0.134. The molecule has 2 aliphatic rings. The number of benzene rings is 1. The lowest BCUT2D eigenvalue weighted by atomic mass is 9.96. The maximum absolute atomic E-state index is 13.2. The predicted molar refractivity (Wildman–Crippen MR) is 110 cm³/mol. The Morgan fingerprint density at radius 1 is 1.28 bits per heavy atom. The van der Waals surface area contributed by atoms with Crippen LogP contribution in [0.1, 0.15) is 24.6 Å². The number of anilines is 1. The van der Waals surface area contributed by atoms with E-state index in [0.717, 1.165) is 22.6 Å². The van der Waals surface area contributed by atoms with E-state index < -0.39 is 11.6 Å². The van der Waals surface area contributed by atoms with Crippen LogP contribution < -0.4 is 15.0 Å². The molecule has 1 aliphatic carbocycles. The Balaban J connectivity index is 1.56. The van der Waals surface area contributed by atoms with E-state index in [4.69, 9.17) is 4.74 Å². The van der Waals surface area contributed by atoms with E-state index in [-0.39, 0.29) is 24.3 Å². The maximum Gasteiger partial charge on any atom is 0.325 e. The van der Waals surface area contributed by atoms with Crippen molar-refractivity contribution in [3.05, 3.63) is 46.7 Å². The molecule has 4 amide bonds. The zero-order chi connectivity index (χ0) is 20.6. The molecule has 1 aromatic heterocycles. The van der Waals surface area contributed by atoms with Crippen molar-refractivity contribution in [3.63, 3.8) is 0 Å². The first-order valence-electron chi connectivity index (χ1n) is 9.53. The predicted octanol–water partition coefficient (Wildman–Crippen LogP) is 3.01. The summed E-state index contributed by atoms with van der Waals surface area (Å²) in [5.74, 6) is 0.214. The number of amides is 4. The number of methoxy groups -OCH3 is 1. The monoisotopic (exact) mass is 413 g/mol. The highest BCUT2D eigenvalue weighted by Gasteiger charge is 2.56. The smallest absolute Gasteiger partial charge is 0.325 e. The van der Waals surface area contributed by atoms with Gasteiger partial charge in [0.25, 0.3) is 5.91 Å². The maximum atomic E-state index is 13.2. The van der Waals surface area contributed by atoms with Gasteiger partial charge in [0, 0.05) is 10.6 Å². The third-order valence-electron chi connectivity index (χ3n) is 5.57. The van der Waals surface area contributed by atoms with Gasteiger partial charge >= 0.3 is 6.03 Å². The molecule has 2 heterocycles. The Kier molecular flexibility index (Phi) is 5.04. The number of carbonyl (C=O) groups is 3. The molecular weight excluding hydrogens is 390 g/mol. The second-order valence-corrected chi connectivity index (χ2v) is 8.59. The lowest BCUT2D eigenvalue weighted by Crippen LogP contribution is -2.47. The number of rotatable bonds is 7. The third kappa shape index (κ3) is 3.72. The van der Waals surface area contributed by atoms with Gasteiger partial charge < -0.3 is 15.0 Å². The van der Waals surface area contributed by atoms with E-state index in [2.05, 4.69) is 5.32 Å².